The van der Waals surface area contributed by atoms with E-state index in [9.17, 15) is 31.2 Å². The van der Waals surface area contributed by atoms with Gasteiger partial charge in [0, 0.05) is 38.9 Å². The highest BCUT2D eigenvalue weighted by molar-refractivity contribution is 7.90. The van der Waals surface area contributed by atoms with Crippen molar-refractivity contribution in [3.8, 4) is 0 Å². The van der Waals surface area contributed by atoms with Gasteiger partial charge in [-0.15, -0.1) is 0 Å². The molecule has 176 valence electrons. The third-order valence-electron chi connectivity index (χ3n) is 6.65. The normalized spacial score (nSPS) is 21.6. The molecule has 0 aromatic heterocycles. The summed E-state index contributed by atoms with van der Waals surface area (Å²) in [4.78, 5) is 26.9. The Morgan fingerprint density at radius 3 is 2.38 bits per heavy atom. The van der Waals surface area contributed by atoms with E-state index in [0.29, 0.717) is 57.4 Å². The number of benzene rings is 1. The van der Waals surface area contributed by atoms with E-state index in [1.165, 1.54) is 6.07 Å². The maximum Gasteiger partial charge on any atom is 0.417 e. The largest absolute Gasteiger partial charge is 0.417 e. The average Bonchev–Trinajstić information content (AvgIpc) is 3.07. The maximum atomic E-state index is 13.4. The van der Waals surface area contributed by atoms with Crippen molar-refractivity contribution in [1.29, 1.82) is 0 Å². The minimum Gasteiger partial charge on any atom is -0.347 e. The molecular weight excluding hydrogens is 447 g/mol. The Morgan fingerprint density at radius 1 is 1.19 bits per heavy atom. The van der Waals surface area contributed by atoms with Gasteiger partial charge in [-0.05, 0) is 49.3 Å². The van der Waals surface area contributed by atoms with Gasteiger partial charge in [0.1, 0.15) is 0 Å². The molecule has 11 heteroatoms. The standard InChI is InChI=1S/C21H26F3N3O4S/c1-32(30,31)17-3-2-15(11-16(17)21(22,23)24)10-14-5-8-26(9-6-14)19(29)27-12-20(13-27)7-4-18(28)25-20/h2-3,11,14H,4-10,12-13H2,1H3,(H,25,28). The fraction of sp³-hybridized carbons (Fsp3) is 0.619. The number of nitrogens with zero attached hydrogens (tertiary/aromatic N) is 2. The maximum absolute atomic E-state index is 13.4. The molecule has 3 fully saturated rings. The van der Waals surface area contributed by atoms with Gasteiger partial charge in [0.25, 0.3) is 0 Å². The van der Waals surface area contributed by atoms with Crippen LogP contribution in [0.1, 0.15) is 36.8 Å². The molecule has 3 amide bonds. The van der Waals surface area contributed by atoms with E-state index in [4.69, 9.17) is 0 Å². The first kappa shape index (κ1) is 22.9. The van der Waals surface area contributed by atoms with Crippen LogP contribution in [0, 0.1) is 5.92 Å². The second kappa shape index (κ2) is 7.93. The van der Waals surface area contributed by atoms with E-state index in [0.717, 1.165) is 24.8 Å². The summed E-state index contributed by atoms with van der Waals surface area (Å²) in [5, 5.41) is 2.95. The summed E-state index contributed by atoms with van der Waals surface area (Å²) in [5.41, 5.74) is -0.952. The first-order chi connectivity index (χ1) is 14.9. The van der Waals surface area contributed by atoms with E-state index in [1.54, 1.807) is 9.80 Å². The van der Waals surface area contributed by atoms with Crippen LogP contribution in [0.25, 0.3) is 0 Å². The molecule has 3 aliphatic heterocycles. The number of sulfone groups is 1. The lowest BCUT2D eigenvalue weighted by Crippen LogP contribution is -2.70. The van der Waals surface area contributed by atoms with Crippen molar-refractivity contribution < 1.29 is 31.2 Å². The molecule has 32 heavy (non-hydrogen) atoms. The molecule has 1 aromatic rings. The van der Waals surface area contributed by atoms with Crippen molar-refractivity contribution in [2.24, 2.45) is 5.92 Å². The zero-order chi connectivity index (χ0) is 23.3. The molecule has 3 heterocycles. The molecule has 0 radical (unpaired) electrons. The second-order valence-electron chi connectivity index (χ2n) is 9.20. The zero-order valence-electron chi connectivity index (χ0n) is 17.7. The Kier molecular flexibility index (Phi) is 5.67. The number of piperidine rings is 1. The third kappa shape index (κ3) is 4.57. The van der Waals surface area contributed by atoms with Gasteiger partial charge in [0.2, 0.25) is 5.91 Å². The summed E-state index contributed by atoms with van der Waals surface area (Å²) in [6, 6.07) is 3.35. The minimum absolute atomic E-state index is 0.0242. The predicted octanol–water partition coefficient (Wildman–Crippen LogP) is 2.45. The molecule has 3 saturated heterocycles. The van der Waals surface area contributed by atoms with Crippen molar-refractivity contribution in [2.45, 2.75) is 48.7 Å². The molecule has 1 N–H and O–H groups in total. The van der Waals surface area contributed by atoms with Crippen LogP contribution in [0.4, 0.5) is 18.0 Å². The smallest absolute Gasteiger partial charge is 0.347 e. The quantitative estimate of drug-likeness (QED) is 0.731. The van der Waals surface area contributed by atoms with E-state index < -0.39 is 26.5 Å². The highest BCUT2D eigenvalue weighted by Crippen LogP contribution is 2.36. The van der Waals surface area contributed by atoms with E-state index in [1.807, 2.05) is 0 Å². The first-order valence-corrected chi connectivity index (χ1v) is 12.5. The molecule has 3 aliphatic rings. The minimum atomic E-state index is -4.75. The van der Waals surface area contributed by atoms with Crippen molar-refractivity contribution in [2.75, 3.05) is 32.4 Å². The number of hydrogen-bond acceptors (Lipinski definition) is 4. The van der Waals surface area contributed by atoms with Gasteiger partial charge in [-0.25, -0.2) is 13.2 Å². The summed E-state index contributed by atoms with van der Waals surface area (Å²) in [5.74, 6) is 0.136. The fourth-order valence-electron chi connectivity index (χ4n) is 4.94. The van der Waals surface area contributed by atoms with Gasteiger partial charge in [-0.3, -0.25) is 4.79 Å². The lowest BCUT2D eigenvalue weighted by Gasteiger charge is -2.49. The van der Waals surface area contributed by atoms with Crippen LogP contribution in [0.3, 0.4) is 0 Å². The van der Waals surface area contributed by atoms with Gasteiger partial charge < -0.3 is 15.1 Å². The summed E-state index contributed by atoms with van der Waals surface area (Å²) in [7, 11) is -3.99. The molecule has 0 bridgehead atoms. The summed E-state index contributed by atoms with van der Waals surface area (Å²) in [6.07, 6.45) is -1.02. The molecule has 0 unspecified atom stereocenters. The van der Waals surface area contributed by atoms with Gasteiger partial charge in [0.15, 0.2) is 9.84 Å². The van der Waals surface area contributed by atoms with Crippen LogP contribution in [0.5, 0.6) is 0 Å². The zero-order valence-corrected chi connectivity index (χ0v) is 18.6. The number of likely N-dealkylation sites (tertiary alicyclic amines) is 2. The molecule has 7 nitrogen and oxygen atoms in total. The number of carbonyl (C=O) groups excluding carboxylic acids is 2. The SMILES string of the molecule is CS(=O)(=O)c1ccc(CC2CCN(C(=O)N3CC4(CCC(=O)N4)C3)CC2)cc1C(F)(F)F. The van der Waals surface area contributed by atoms with Crippen molar-refractivity contribution in [1.82, 2.24) is 15.1 Å². The van der Waals surface area contributed by atoms with Crippen molar-refractivity contribution in [3.05, 3.63) is 29.3 Å². The predicted molar refractivity (Wildman–Crippen MR) is 110 cm³/mol. The number of hydrogen-bond donors (Lipinski definition) is 1. The lowest BCUT2D eigenvalue weighted by atomic mass is 9.88. The Balaban J connectivity index is 1.33. The molecule has 0 aliphatic carbocycles. The first-order valence-electron chi connectivity index (χ1n) is 10.6. The lowest BCUT2D eigenvalue weighted by molar-refractivity contribution is -0.140. The van der Waals surface area contributed by atoms with Crippen LogP contribution in [0.2, 0.25) is 0 Å². The number of amides is 3. The van der Waals surface area contributed by atoms with Gasteiger partial charge >= 0.3 is 12.2 Å². The summed E-state index contributed by atoms with van der Waals surface area (Å²) in [6.45, 7) is 2.08. The summed E-state index contributed by atoms with van der Waals surface area (Å²) >= 11 is 0. The topological polar surface area (TPSA) is 86.8 Å². The highest BCUT2D eigenvalue weighted by Gasteiger charge is 2.50. The van der Waals surface area contributed by atoms with Crippen LogP contribution in [0.15, 0.2) is 23.1 Å². The Morgan fingerprint density at radius 2 is 1.84 bits per heavy atom. The molecule has 1 aromatic carbocycles. The van der Waals surface area contributed by atoms with Gasteiger partial charge in [-0.1, -0.05) is 6.07 Å². The van der Waals surface area contributed by atoms with Crippen LogP contribution >= 0.6 is 0 Å². The van der Waals surface area contributed by atoms with Crippen molar-refractivity contribution >= 4 is 21.8 Å². The van der Waals surface area contributed by atoms with E-state index in [2.05, 4.69) is 5.32 Å². The van der Waals surface area contributed by atoms with Crippen LogP contribution < -0.4 is 5.32 Å². The molecular formula is C21H26F3N3O4S. The fourth-order valence-corrected chi connectivity index (χ4v) is 5.83. The van der Waals surface area contributed by atoms with Crippen LogP contribution in [-0.4, -0.2) is 68.1 Å². The molecule has 4 rings (SSSR count). The number of halogens is 3. The molecule has 0 saturated carbocycles. The van der Waals surface area contributed by atoms with Gasteiger partial charge in [0.05, 0.1) is 16.0 Å². The number of urea groups is 1. The second-order valence-corrected chi connectivity index (χ2v) is 11.2. The molecule has 0 atom stereocenters. The third-order valence-corrected chi connectivity index (χ3v) is 7.81. The summed E-state index contributed by atoms with van der Waals surface area (Å²) < 4.78 is 63.6. The average molecular weight is 474 g/mol. The number of nitrogens with one attached hydrogen (secondary N) is 1. The van der Waals surface area contributed by atoms with Gasteiger partial charge in [-0.2, -0.15) is 13.2 Å². The molecule has 1 spiro atoms. The monoisotopic (exact) mass is 473 g/mol. The Hall–Kier alpha value is -2.30. The number of alkyl halides is 3. The van der Waals surface area contributed by atoms with Crippen LogP contribution in [-0.2, 0) is 27.2 Å². The Labute approximate surface area is 184 Å². The van der Waals surface area contributed by atoms with Crippen molar-refractivity contribution in [3.63, 3.8) is 0 Å². The van der Waals surface area contributed by atoms with E-state index >= 15 is 0 Å². The Bertz CT molecular complexity index is 1030. The number of rotatable bonds is 3. The number of carbonyl (C=O) groups is 2. The van der Waals surface area contributed by atoms with E-state index in [-0.39, 0.29) is 23.4 Å². The highest BCUT2D eigenvalue weighted by atomic mass is 32.2.